The molecular formula is C11H23NO2. The Labute approximate surface area is 86.9 Å². The van der Waals surface area contributed by atoms with Crippen molar-refractivity contribution in [2.75, 3.05) is 6.54 Å². The quantitative estimate of drug-likeness (QED) is 0.617. The fourth-order valence-electron chi connectivity index (χ4n) is 1.04. The van der Waals surface area contributed by atoms with Crippen molar-refractivity contribution in [2.45, 2.75) is 58.5 Å². The Morgan fingerprint density at radius 2 is 2.00 bits per heavy atom. The Bertz CT molecular complexity index is 167. The number of hydrogen-bond donors (Lipinski definition) is 2. The second-order valence-corrected chi connectivity index (χ2v) is 4.08. The third-order valence-electron chi connectivity index (χ3n) is 2.44. The smallest absolute Gasteiger partial charge is 0.220 e. The van der Waals surface area contributed by atoms with Gasteiger partial charge in [-0.25, -0.2) is 0 Å². The SMILES string of the molecule is CCCCCC(=O)NCC(C)(O)CC. The van der Waals surface area contributed by atoms with Crippen molar-refractivity contribution in [3.63, 3.8) is 0 Å². The summed E-state index contributed by atoms with van der Waals surface area (Å²) in [5.41, 5.74) is -0.763. The maximum atomic E-state index is 11.3. The van der Waals surface area contributed by atoms with Crippen LogP contribution >= 0.6 is 0 Å². The van der Waals surface area contributed by atoms with E-state index in [1.165, 1.54) is 0 Å². The summed E-state index contributed by atoms with van der Waals surface area (Å²) in [7, 11) is 0. The zero-order valence-corrected chi connectivity index (χ0v) is 9.60. The number of aliphatic hydroxyl groups is 1. The van der Waals surface area contributed by atoms with Crippen molar-refractivity contribution in [3.05, 3.63) is 0 Å². The maximum Gasteiger partial charge on any atom is 0.220 e. The lowest BCUT2D eigenvalue weighted by molar-refractivity contribution is -0.122. The first-order valence-electron chi connectivity index (χ1n) is 5.51. The molecule has 0 aliphatic heterocycles. The van der Waals surface area contributed by atoms with Crippen LogP contribution in [-0.2, 0) is 4.79 Å². The van der Waals surface area contributed by atoms with Crippen LogP contribution in [0.3, 0.4) is 0 Å². The van der Waals surface area contributed by atoms with Gasteiger partial charge in [0.2, 0.25) is 5.91 Å². The molecule has 0 aliphatic carbocycles. The summed E-state index contributed by atoms with van der Waals surface area (Å²) < 4.78 is 0. The van der Waals surface area contributed by atoms with Gasteiger partial charge in [-0.15, -0.1) is 0 Å². The molecule has 0 saturated heterocycles. The van der Waals surface area contributed by atoms with Gasteiger partial charge in [0.05, 0.1) is 5.60 Å². The monoisotopic (exact) mass is 201 g/mol. The summed E-state index contributed by atoms with van der Waals surface area (Å²) >= 11 is 0. The van der Waals surface area contributed by atoms with Gasteiger partial charge < -0.3 is 10.4 Å². The van der Waals surface area contributed by atoms with Gasteiger partial charge in [-0.05, 0) is 19.8 Å². The molecule has 0 bridgehead atoms. The molecule has 0 heterocycles. The molecule has 3 heteroatoms. The van der Waals surface area contributed by atoms with Crippen molar-refractivity contribution in [3.8, 4) is 0 Å². The van der Waals surface area contributed by atoms with E-state index in [9.17, 15) is 9.90 Å². The Morgan fingerprint density at radius 1 is 1.36 bits per heavy atom. The first-order chi connectivity index (χ1) is 6.52. The van der Waals surface area contributed by atoms with E-state index in [1.807, 2.05) is 6.92 Å². The molecule has 1 amide bonds. The van der Waals surface area contributed by atoms with Crippen molar-refractivity contribution in [1.29, 1.82) is 0 Å². The molecule has 1 atom stereocenters. The normalized spacial score (nSPS) is 14.9. The van der Waals surface area contributed by atoms with Gasteiger partial charge in [0.25, 0.3) is 0 Å². The molecule has 0 aromatic carbocycles. The van der Waals surface area contributed by atoms with Crippen LogP contribution in [0.4, 0.5) is 0 Å². The van der Waals surface area contributed by atoms with E-state index in [4.69, 9.17) is 0 Å². The number of unbranched alkanes of at least 4 members (excludes halogenated alkanes) is 2. The van der Waals surface area contributed by atoms with Gasteiger partial charge in [-0.1, -0.05) is 26.7 Å². The van der Waals surface area contributed by atoms with Gasteiger partial charge in [-0.3, -0.25) is 4.79 Å². The Morgan fingerprint density at radius 3 is 2.50 bits per heavy atom. The van der Waals surface area contributed by atoms with Crippen molar-refractivity contribution in [1.82, 2.24) is 5.32 Å². The highest BCUT2D eigenvalue weighted by Crippen LogP contribution is 2.06. The first kappa shape index (κ1) is 13.4. The summed E-state index contributed by atoms with van der Waals surface area (Å²) in [6.45, 7) is 6.11. The van der Waals surface area contributed by atoms with Crippen LogP contribution in [0.15, 0.2) is 0 Å². The van der Waals surface area contributed by atoms with Crippen LogP contribution in [-0.4, -0.2) is 23.2 Å². The molecule has 0 fully saturated rings. The molecule has 0 rings (SSSR count). The molecule has 0 aromatic heterocycles. The summed E-state index contributed by atoms with van der Waals surface area (Å²) in [4.78, 5) is 11.3. The molecule has 0 radical (unpaired) electrons. The average Bonchev–Trinajstić information content (AvgIpc) is 2.16. The molecule has 84 valence electrons. The zero-order chi connectivity index (χ0) is 11.0. The number of nitrogens with one attached hydrogen (secondary N) is 1. The van der Waals surface area contributed by atoms with E-state index < -0.39 is 5.60 Å². The van der Waals surface area contributed by atoms with Crippen molar-refractivity contribution >= 4 is 5.91 Å². The second-order valence-electron chi connectivity index (χ2n) is 4.08. The van der Waals surface area contributed by atoms with E-state index >= 15 is 0 Å². The highest BCUT2D eigenvalue weighted by molar-refractivity contribution is 5.75. The third-order valence-corrected chi connectivity index (χ3v) is 2.44. The summed E-state index contributed by atoms with van der Waals surface area (Å²) in [5, 5.41) is 12.4. The number of carbonyl (C=O) groups excluding carboxylic acids is 1. The molecule has 2 N–H and O–H groups in total. The molecule has 0 aliphatic rings. The maximum absolute atomic E-state index is 11.3. The van der Waals surface area contributed by atoms with Crippen LogP contribution in [0, 0.1) is 0 Å². The average molecular weight is 201 g/mol. The van der Waals surface area contributed by atoms with Crippen LogP contribution in [0.5, 0.6) is 0 Å². The molecule has 3 nitrogen and oxygen atoms in total. The highest BCUT2D eigenvalue weighted by atomic mass is 16.3. The lowest BCUT2D eigenvalue weighted by atomic mass is 10.0. The van der Waals surface area contributed by atoms with E-state index in [-0.39, 0.29) is 5.91 Å². The standard InChI is InChI=1S/C11H23NO2/c1-4-6-7-8-10(13)12-9-11(3,14)5-2/h14H,4-9H2,1-3H3,(H,12,13). The lowest BCUT2D eigenvalue weighted by Gasteiger charge is -2.21. The van der Waals surface area contributed by atoms with Crippen molar-refractivity contribution in [2.24, 2.45) is 0 Å². The van der Waals surface area contributed by atoms with Gasteiger partial charge in [0.1, 0.15) is 0 Å². The van der Waals surface area contributed by atoms with Crippen LogP contribution in [0.1, 0.15) is 52.9 Å². The minimum atomic E-state index is -0.763. The molecule has 1 unspecified atom stereocenters. The number of carbonyl (C=O) groups is 1. The Kier molecular flexibility index (Phi) is 6.54. The van der Waals surface area contributed by atoms with Gasteiger partial charge in [-0.2, -0.15) is 0 Å². The zero-order valence-electron chi connectivity index (χ0n) is 9.60. The fourth-order valence-corrected chi connectivity index (χ4v) is 1.04. The van der Waals surface area contributed by atoms with E-state index in [2.05, 4.69) is 12.2 Å². The van der Waals surface area contributed by atoms with Gasteiger partial charge in [0, 0.05) is 13.0 Å². The minimum absolute atomic E-state index is 0.0483. The van der Waals surface area contributed by atoms with E-state index in [0.717, 1.165) is 19.3 Å². The largest absolute Gasteiger partial charge is 0.388 e. The predicted octanol–water partition coefficient (Wildman–Crippen LogP) is 1.84. The van der Waals surface area contributed by atoms with Crippen LogP contribution < -0.4 is 5.32 Å². The van der Waals surface area contributed by atoms with Crippen LogP contribution in [0.25, 0.3) is 0 Å². The van der Waals surface area contributed by atoms with Crippen LogP contribution in [0.2, 0.25) is 0 Å². The third kappa shape index (κ3) is 6.89. The van der Waals surface area contributed by atoms with Gasteiger partial charge in [0.15, 0.2) is 0 Å². The molecule has 0 saturated carbocycles. The lowest BCUT2D eigenvalue weighted by Crippen LogP contribution is -2.39. The molecular weight excluding hydrogens is 178 g/mol. The Balaban J connectivity index is 3.53. The predicted molar refractivity (Wildman–Crippen MR) is 58.1 cm³/mol. The number of rotatable bonds is 7. The molecule has 0 aromatic rings. The van der Waals surface area contributed by atoms with Crippen molar-refractivity contribution < 1.29 is 9.90 Å². The summed E-state index contributed by atoms with van der Waals surface area (Å²) in [6.07, 6.45) is 4.39. The highest BCUT2D eigenvalue weighted by Gasteiger charge is 2.17. The second kappa shape index (κ2) is 6.82. The first-order valence-corrected chi connectivity index (χ1v) is 5.51. The number of hydrogen-bond acceptors (Lipinski definition) is 2. The molecule has 0 spiro atoms. The minimum Gasteiger partial charge on any atom is -0.388 e. The topological polar surface area (TPSA) is 49.3 Å². The van der Waals surface area contributed by atoms with E-state index in [0.29, 0.717) is 19.4 Å². The van der Waals surface area contributed by atoms with E-state index in [1.54, 1.807) is 6.92 Å². The Hall–Kier alpha value is -0.570. The summed E-state index contributed by atoms with van der Waals surface area (Å²) in [6, 6.07) is 0. The summed E-state index contributed by atoms with van der Waals surface area (Å²) in [5.74, 6) is 0.0483. The van der Waals surface area contributed by atoms with Gasteiger partial charge >= 0.3 is 0 Å². The molecule has 14 heavy (non-hydrogen) atoms. The number of amides is 1. The fraction of sp³-hybridized carbons (Fsp3) is 0.909.